The fourth-order valence-corrected chi connectivity index (χ4v) is 6.16. The van der Waals surface area contributed by atoms with Crippen LogP contribution in [0.5, 0.6) is 5.75 Å². The van der Waals surface area contributed by atoms with Gasteiger partial charge in [0.25, 0.3) is 0 Å². The fraction of sp³-hybridized carbons (Fsp3) is 0.759. The van der Waals surface area contributed by atoms with Crippen LogP contribution in [0.25, 0.3) is 0 Å². The number of carbonyl (C=O) groups is 1. The van der Waals surface area contributed by atoms with Crippen LogP contribution < -0.4 is 0 Å². The molecule has 1 aromatic rings. The highest BCUT2D eigenvalue weighted by atomic mass is 16.4. The molecule has 0 spiro atoms. The number of carboxylic acids is 1. The van der Waals surface area contributed by atoms with Gasteiger partial charge in [-0.2, -0.15) is 0 Å². The van der Waals surface area contributed by atoms with Gasteiger partial charge in [-0.25, -0.2) is 0 Å². The Morgan fingerprint density at radius 3 is 1.84 bits per heavy atom. The number of benzene rings is 1. The number of hydrogen-bond acceptors (Lipinski definition) is 2. The number of aromatic hydroxyl groups is 1. The summed E-state index contributed by atoms with van der Waals surface area (Å²) in [5, 5.41) is 21.0. The number of carboxylic acid groups (broad SMARTS) is 1. The fourth-order valence-electron chi connectivity index (χ4n) is 6.16. The first-order chi connectivity index (χ1) is 15.6. The summed E-state index contributed by atoms with van der Waals surface area (Å²) in [6.45, 7) is 2.24. The molecule has 0 amide bonds. The standard InChI is InChI=1S/C29H46O3/c1-2-3-4-5-6-9-18-24(21-28(30)31)25-19-26(22-14-10-7-11-15-22)29(32)27(20-25)23-16-12-8-13-17-23/h19-20,22-24,32H,2-18,21H2,1H3,(H,30,31). The molecule has 0 bridgehead atoms. The molecule has 0 aromatic heterocycles. The lowest BCUT2D eigenvalue weighted by atomic mass is 9.76. The van der Waals surface area contributed by atoms with Gasteiger partial charge in [-0.05, 0) is 66.5 Å². The highest BCUT2D eigenvalue weighted by Crippen LogP contribution is 2.46. The van der Waals surface area contributed by atoms with E-state index < -0.39 is 5.97 Å². The molecule has 2 fully saturated rings. The SMILES string of the molecule is CCCCCCCCC(CC(=O)O)c1cc(C2CCCCC2)c(O)c(C2CCCCC2)c1. The van der Waals surface area contributed by atoms with Crippen LogP contribution >= 0.6 is 0 Å². The molecule has 2 N–H and O–H groups in total. The second-order valence-corrected chi connectivity index (χ2v) is 10.6. The van der Waals surface area contributed by atoms with E-state index in [0.29, 0.717) is 17.6 Å². The maximum Gasteiger partial charge on any atom is 0.303 e. The summed E-state index contributed by atoms with van der Waals surface area (Å²) in [7, 11) is 0. The Morgan fingerprint density at radius 2 is 1.34 bits per heavy atom. The third kappa shape index (κ3) is 7.25. The largest absolute Gasteiger partial charge is 0.507 e. The summed E-state index contributed by atoms with van der Waals surface area (Å²) in [5.74, 6) is 0.772. The highest BCUT2D eigenvalue weighted by Gasteiger charge is 2.27. The predicted molar refractivity (Wildman–Crippen MR) is 133 cm³/mol. The van der Waals surface area contributed by atoms with Crippen molar-refractivity contribution in [2.75, 3.05) is 0 Å². The maximum absolute atomic E-state index is 11.7. The lowest BCUT2D eigenvalue weighted by molar-refractivity contribution is -0.137. The lowest BCUT2D eigenvalue weighted by Crippen LogP contribution is -2.13. The first kappa shape index (κ1) is 25.1. The van der Waals surface area contributed by atoms with E-state index in [1.807, 2.05) is 0 Å². The summed E-state index contributed by atoms with van der Waals surface area (Å²) in [6.07, 6.45) is 20.7. The van der Waals surface area contributed by atoms with Crippen LogP contribution in [-0.2, 0) is 4.79 Å². The zero-order chi connectivity index (χ0) is 22.8. The van der Waals surface area contributed by atoms with Crippen molar-refractivity contribution in [3.05, 3.63) is 28.8 Å². The predicted octanol–water partition coefficient (Wildman–Crippen LogP) is 8.80. The Labute approximate surface area is 196 Å². The van der Waals surface area contributed by atoms with Gasteiger partial charge in [0, 0.05) is 0 Å². The van der Waals surface area contributed by atoms with Gasteiger partial charge in [0.2, 0.25) is 0 Å². The summed E-state index contributed by atoms with van der Waals surface area (Å²) in [5.41, 5.74) is 3.43. The van der Waals surface area contributed by atoms with E-state index in [0.717, 1.165) is 49.7 Å². The van der Waals surface area contributed by atoms with E-state index in [9.17, 15) is 15.0 Å². The summed E-state index contributed by atoms with van der Waals surface area (Å²) in [4.78, 5) is 11.7. The number of aliphatic carboxylic acids is 1. The summed E-state index contributed by atoms with van der Waals surface area (Å²) < 4.78 is 0. The molecule has 32 heavy (non-hydrogen) atoms. The van der Waals surface area contributed by atoms with Gasteiger partial charge in [0.15, 0.2) is 0 Å². The molecule has 1 aromatic carbocycles. The molecule has 0 aliphatic heterocycles. The molecule has 180 valence electrons. The number of phenols is 1. The van der Waals surface area contributed by atoms with Crippen molar-refractivity contribution < 1.29 is 15.0 Å². The summed E-state index contributed by atoms with van der Waals surface area (Å²) >= 11 is 0. The van der Waals surface area contributed by atoms with E-state index in [1.54, 1.807) is 0 Å². The van der Waals surface area contributed by atoms with E-state index in [4.69, 9.17) is 0 Å². The molecule has 1 unspecified atom stereocenters. The second-order valence-electron chi connectivity index (χ2n) is 10.6. The molecule has 2 aliphatic rings. The van der Waals surface area contributed by atoms with E-state index in [2.05, 4.69) is 19.1 Å². The molecular weight excluding hydrogens is 396 g/mol. The molecule has 3 heteroatoms. The molecule has 2 saturated carbocycles. The van der Waals surface area contributed by atoms with Crippen molar-refractivity contribution in [2.24, 2.45) is 0 Å². The van der Waals surface area contributed by atoms with Crippen molar-refractivity contribution >= 4 is 5.97 Å². The number of unbranched alkanes of at least 4 members (excludes halogenated alkanes) is 5. The first-order valence-corrected chi connectivity index (χ1v) is 13.7. The Morgan fingerprint density at radius 1 is 0.844 bits per heavy atom. The van der Waals surface area contributed by atoms with Gasteiger partial charge >= 0.3 is 5.97 Å². The molecule has 3 rings (SSSR count). The van der Waals surface area contributed by atoms with Crippen LogP contribution in [0.15, 0.2) is 12.1 Å². The van der Waals surface area contributed by atoms with Crippen LogP contribution in [-0.4, -0.2) is 16.2 Å². The normalized spacial score (nSPS) is 19.2. The molecule has 1 atom stereocenters. The average molecular weight is 443 g/mol. The maximum atomic E-state index is 11.7. The molecule has 3 nitrogen and oxygen atoms in total. The Hall–Kier alpha value is -1.51. The Bertz CT molecular complexity index is 659. The van der Waals surface area contributed by atoms with Gasteiger partial charge < -0.3 is 10.2 Å². The smallest absolute Gasteiger partial charge is 0.303 e. The minimum atomic E-state index is -0.701. The zero-order valence-corrected chi connectivity index (χ0v) is 20.4. The van der Waals surface area contributed by atoms with Crippen molar-refractivity contribution in [3.63, 3.8) is 0 Å². The van der Waals surface area contributed by atoms with Gasteiger partial charge in [-0.3, -0.25) is 4.79 Å². The van der Waals surface area contributed by atoms with Crippen LogP contribution in [0.1, 0.15) is 157 Å². The van der Waals surface area contributed by atoms with Crippen molar-refractivity contribution in [2.45, 2.75) is 140 Å². The monoisotopic (exact) mass is 442 g/mol. The average Bonchev–Trinajstić information content (AvgIpc) is 2.81. The van der Waals surface area contributed by atoms with Gasteiger partial charge in [-0.15, -0.1) is 0 Å². The third-order valence-corrected chi connectivity index (χ3v) is 8.08. The van der Waals surface area contributed by atoms with Crippen LogP contribution in [0.2, 0.25) is 0 Å². The van der Waals surface area contributed by atoms with Crippen molar-refractivity contribution in [1.82, 2.24) is 0 Å². The van der Waals surface area contributed by atoms with Crippen molar-refractivity contribution in [3.8, 4) is 5.75 Å². The third-order valence-electron chi connectivity index (χ3n) is 8.08. The zero-order valence-electron chi connectivity index (χ0n) is 20.4. The van der Waals surface area contributed by atoms with E-state index in [1.165, 1.54) is 76.2 Å². The lowest BCUT2D eigenvalue weighted by Gasteiger charge is -2.29. The quantitative estimate of drug-likeness (QED) is 0.318. The molecule has 0 radical (unpaired) electrons. The van der Waals surface area contributed by atoms with Crippen LogP contribution in [0.3, 0.4) is 0 Å². The van der Waals surface area contributed by atoms with Crippen molar-refractivity contribution in [1.29, 1.82) is 0 Å². The summed E-state index contributed by atoms with van der Waals surface area (Å²) in [6, 6.07) is 4.42. The van der Waals surface area contributed by atoms with E-state index in [-0.39, 0.29) is 12.3 Å². The minimum absolute atomic E-state index is 0.0592. The Balaban J connectivity index is 1.85. The van der Waals surface area contributed by atoms with Gasteiger partial charge in [-0.1, -0.05) is 96.1 Å². The minimum Gasteiger partial charge on any atom is -0.507 e. The van der Waals surface area contributed by atoms with Crippen LogP contribution in [0.4, 0.5) is 0 Å². The molecule has 0 saturated heterocycles. The van der Waals surface area contributed by atoms with E-state index >= 15 is 0 Å². The van der Waals surface area contributed by atoms with Crippen LogP contribution in [0, 0.1) is 0 Å². The van der Waals surface area contributed by atoms with Gasteiger partial charge in [0.1, 0.15) is 5.75 Å². The number of phenolic OH excluding ortho intramolecular Hbond substituents is 1. The first-order valence-electron chi connectivity index (χ1n) is 13.7. The number of hydrogen-bond donors (Lipinski definition) is 2. The highest BCUT2D eigenvalue weighted by molar-refractivity contribution is 5.68. The topological polar surface area (TPSA) is 57.5 Å². The number of rotatable bonds is 12. The Kier molecular flexibility index (Phi) is 10.4. The second kappa shape index (κ2) is 13.3. The molecular formula is C29H46O3. The molecule has 0 heterocycles. The van der Waals surface area contributed by atoms with Gasteiger partial charge in [0.05, 0.1) is 6.42 Å². The molecule has 2 aliphatic carbocycles.